The SMILES string of the molecule is COC(=O)c1cc(S(=O)(=O)Nc2ccc(NC(C)=O)cc2)c[nH]1. The first-order valence-corrected chi connectivity index (χ1v) is 7.97. The third kappa shape index (κ3) is 4.10. The van der Waals surface area contributed by atoms with Crippen LogP contribution in [0.25, 0.3) is 0 Å². The van der Waals surface area contributed by atoms with Crippen molar-refractivity contribution < 1.29 is 22.7 Å². The molecule has 0 bridgehead atoms. The summed E-state index contributed by atoms with van der Waals surface area (Å²) in [6.45, 7) is 1.38. The molecule has 0 spiro atoms. The Morgan fingerprint density at radius 3 is 2.30 bits per heavy atom. The van der Waals surface area contributed by atoms with Gasteiger partial charge in [0, 0.05) is 24.5 Å². The number of carbonyl (C=O) groups excluding carboxylic acids is 2. The highest BCUT2D eigenvalue weighted by Crippen LogP contribution is 2.19. The van der Waals surface area contributed by atoms with Gasteiger partial charge in [-0.1, -0.05) is 0 Å². The molecule has 0 saturated carbocycles. The number of sulfonamides is 1. The number of esters is 1. The number of amides is 1. The number of aromatic nitrogens is 1. The molecule has 122 valence electrons. The molecule has 2 rings (SSSR count). The normalized spacial score (nSPS) is 10.9. The van der Waals surface area contributed by atoms with Crippen LogP contribution in [0, 0.1) is 0 Å². The van der Waals surface area contributed by atoms with Crippen LogP contribution in [0.1, 0.15) is 17.4 Å². The van der Waals surface area contributed by atoms with Crippen molar-refractivity contribution >= 4 is 33.3 Å². The summed E-state index contributed by atoms with van der Waals surface area (Å²) < 4.78 is 31.3. The van der Waals surface area contributed by atoms with Gasteiger partial charge in [0.05, 0.1) is 7.11 Å². The molecule has 3 N–H and O–H groups in total. The Bertz CT molecular complexity index is 824. The zero-order valence-electron chi connectivity index (χ0n) is 12.4. The molecule has 1 heterocycles. The van der Waals surface area contributed by atoms with Gasteiger partial charge in [-0.05, 0) is 30.3 Å². The summed E-state index contributed by atoms with van der Waals surface area (Å²) in [5.74, 6) is -0.882. The maximum atomic E-state index is 12.2. The van der Waals surface area contributed by atoms with Gasteiger partial charge in [0.15, 0.2) is 0 Å². The first-order valence-electron chi connectivity index (χ1n) is 6.49. The molecule has 1 amide bonds. The lowest BCUT2D eigenvalue weighted by Crippen LogP contribution is -2.12. The zero-order chi connectivity index (χ0) is 17.0. The predicted molar refractivity (Wildman–Crippen MR) is 83.7 cm³/mol. The standard InChI is InChI=1S/C14H15N3O5S/c1-9(18)16-10-3-5-11(6-4-10)17-23(20,21)12-7-13(15-8-12)14(19)22-2/h3-8,15,17H,1-2H3,(H,16,18). The van der Waals surface area contributed by atoms with Crippen molar-refractivity contribution in [3.8, 4) is 0 Å². The highest BCUT2D eigenvalue weighted by molar-refractivity contribution is 7.92. The molecule has 0 unspecified atom stereocenters. The van der Waals surface area contributed by atoms with Crippen molar-refractivity contribution in [3.63, 3.8) is 0 Å². The van der Waals surface area contributed by atoms with Gasteiger partial charge in [-0.2, -0.15) is 0 Å². The number of methoxy groups -OCH3 is 1. The molecule has 0 aliphatic rings. The minimum Gasteiger partial charge on any atom is -0.464 e. The molecule has 0 fully saturated rings. The molecule has 23 heavy (non-hydrogen) atoms. The molecule has 8 nitrogen and oxygen atoms in total. The fraction of sp³-hybridized carbons (Fsp3) is 0.143. The van der Waals surface area contributed by atoms with E-state index >= 15 is 0 Å². The highest BCUT2D eigenvalue weighted by atomic mass is 32.2. The number of aromatic amines is 1. The van der Waals surface area contributed by atoms with Crippen LogP contribution < -0.4 is 10.0 Å². The second-order valence-electron chi connectivity index (χ2n) is 4.60. The number of ether oxygens (including phenoxy) is 1. The number of nitrogens with one attached hydrogen (secondary N) is 3. The molecule has 1 aromatic heterocycles. The van der Waals surface area contributed by atoms with Crippen LogP contribution in [0.3, 0.4) is 0 Å². The molecular formula is C14H15N3O5S. The number of benzene rings is 1. The first-order chi connectivity index (χ1) is 10.8. The van der Waals surface area contributed by atoms with Crippen molar-refractivity contribution in [3.05, 3.63) is 42.2 Å². The van der Waals surface area contributed by atoms with Gasteiger partial charge in [-0.15, -0.1) is 0 Å². The fourth-order valence-electron chi connectivity index (χ4n) is 1.80. The van der Waals surface area contributed by atoms with E-state index in [1.54, 1.807) is 12.1 Å². The van der Waals surface area contributed by atoms with E-state index < -0.39 is 16.0 Å². The molecule has 0 radical (unpaired) electrons. The van der Waals surface area contributed by atoms with Gasteiger partial charge in [0.1, 0.15) is 10.6 Å². The van der Waals surface area contributed by atoms with Crippen LogP contribution in [0.15, 0.2) is 41.4 Å². The van der Waals surface area contributed by atoms with E-state index in [9.17, 15) is 18.0 Å². The van der Waals surface area contributed by atoms with Crippen LogP contribution in [-0.2, 0) is 19.6 Å². The van der Waals surface area contributed by atoms with Gasteiger partial charge >= 0.3 is 5.97 Å². The summed E-state index contributed by atoms with van der Waals surface area (Å²) in [7, 11) is -2.65. The lowest BCUT2D eigenvalue weighted by molar-refractivity contribution is -0.114. The van der Waals surface area contributed by atoms with E-state index in [0.29, 0.717) is 11.4 Å². The Hall–Kier alpha value is -2.81. The lowest BCUT2D eigenvalue weighted by atomic mass is 10.3. The van der Waals surface area contributed by atoms with Crippen LogP contribution in [0.2, 0.25) is 0 Å². The Balaban J connectivity index is 2.16. The second kappa shape index (κ2) is 6.53. The minimum atomic E-state index is -3.85. The second-order valence-corrected chi connectivity index (χ2v) is 6.29. The minimum absolute atomic E-state index is 0.0360. The van der Waals surface area contributed by atoms with E-state index in [1.807, 2.05) is 0 Å². The van der Waals surface area contributed by atoms with Crippen molar-refractivity contribution in [2.45, 2.75) is 11.8 Å². The molecule has 2 aromatic rings. The average molecular weight is 337 g/mol. The van der Waals surface area contributed by atoms with Crippen LogP contribution in [-0.4, -0.2) is 32.4 Å². The molecule has 1 aromatic carbocycles. The van der Waals surface area contributed by atoms with Crippen molar-refractivity contribution in [1.82, 2.24) is 4.98 Å². The Morgan fingerprint density at radius 2 is 1.74 bits per heavy atom. The monoisotopic (exact) mass is 337 g/mol. The third-order valence-corrected chi connectivity index (χ3v) is 4.19. The number of carbonyl (C=O) groups is 2. The topological polar surface area (TPSA) is 117 Å². The van der Waals surface area contributed by atoms with Gasteiger partial charge in [0.2, 0.25) is 5.91 Å². The van der Waals surface area contributed by atoms with Gasteiger partial charge in [0.25, 0.3) is 10.0 Å². The molecule has 0 aliphatic carbocycles. The molecule has 0 aliphatic heterocycles. The zero-order valence-corrected chi connectivity index (χ0v) is 13.2. The van der Waals surface area contributed by atoms with Crippen LogP contribution >= 0.6 is 0 Å². The molecular weight excluding hydrogens is 322 g/mol. The Labute approximate surface area is 132 Å². The summed E-state index contributed by atoms with van der Waals surface area (Å²) in [4.78, 5) is 24.7. The van der Waals surface area contributed by atoms with Crippen LogP contribution in [0.5, 0.6) is 0 Å². The van der Waals surface area contributed by atoms with E-state index in [-0.39, 0.29) is 16.5 Å². The molecule has 0 atom stereocenters. The molecule has 0 saturated heterocycles. The van der Waals surface area contributed by atoms with Crippen LogP contribution in [0.4, 0.5) is 11.4 Å². The van der Waals surface area contributed by atoms with Crippen molar-refractivity contribution in [2.75, 3.05) is 17.1 Å². The first kappa shape index (κ1) is 16.6. The van der Waals surface area contributed by atoms with Gasteiger partial charge < -0.3 is 15.0 Å². The summed E-state index contributed by atoms with van der Waals surface area (Å²) >= 11 is 0. The Morgan fingerprint density at radius 1 is 1.13 bits per heavy atom. The quantitative estimate of drug-likeness (QED) is 0.716. The maximum Gasteiger partial charge on any atom is 0.354 e. The number of H-pyrrole nitrogens is 1. The molecule has 9 heteroatoms. The van der Waals surface area contributed by atoms with Gasteiger partial charge in [-0.25, -0.2) is 13.2 Å². The number of rotatable bonds is 5. The largest absolute Gasteiger partial charge is 0.464 e. The van der Waals surface area contributed by atoms with E-state index in [1.165, 1.54) is 38.4 Å². The number of hydrogen-bond acceptors (Lipinski definition) is 5. The van der Waals surface area contributed by atoms with Crippen molar-refractivity contribution in [2.24, 2.45) is 0 Å². The number of anilines is 2. The maximum absolute atomic E-state index is 12.2. The van der Waals surface area contributed by atoms with E-state index in [0.717, 1.165) is 0 Å². The number of hydrogen-bond donors (Lipinski definition) is 3. The van der Waals surface area contributed by atoms with E-state index in [2.05, 4.69) is 19.8 Å². The Kier molecular flexibility index (Phi) is 4.70. The average Bonchev–Trinajstić information content (AvgIpc) is 2.98. The van der Waals surface area contributed by atoms with Gasteiger partial charge in [-0.3, -0.25) is 9.52 Å². The summed E-state index contributed by atoms with van der Waals surface area (Å²) in [5, 5.41) is 2.58. The highest BCUT2D eigenvalue weighted by Gasteiger charge is 2.19. The lowest BCUT2D eigenvalue weighted by Gasteiger charge is -2.07. The predicted octanol–water partition coefficient (Wildman–Crippen LogP) is 1.56. The summed E-state index contributed by atoms with van der Waals surface area (Å²) in [6.07, 6.45) is 1.19. The summed E-state index contributed by atoms with van der Waals surface area (Å²) in [6, 6.07) is 7.33. The van der Waals surface area contributed by atoms with Crippen molar-refractivity contribution in [1.29, 1.82) is 0 Å². The smallest absolute Gasteiger partial charge is 0.354 e. The third-order valence-electron chi connectivity index (χ3n) is 2.83. The fourth-order valence-corrected chi connectivity index (χ4v) is 2.85. The van der Waals surface area contributed by atoms with E-state index in [4.69, 9.17) is 0 Å². The summed E-state index contributed by atoms with van der Waals surface area (Å²) in [5.41, 5.74) is 0.906.